The summed E-state index contributed by atoms with van der Waals surface area (Å²) in [6.45, 7) is 4.98. The van der Waals surface area contributed by atoms with Crippen LogP contribution in [-0.2, 0) is 11.2 Å². The molecule has 0 radical (unpaired) electrons. The van der Waals surface area contributed by atoms with Crippen molar-refractivity contribution in [3.05, 3.63) is 36.0 Å². The normalized spacial score (nSPS) is 15.8. The molecule has 1 aromatic heterocycles. The SMILES string of the molecule is CC1(CNC(=O)CCCc2nc(-c3ccc(F)cc3)no2)CCNCC1.Cl. The fourth-order valence-corrected chi connectivity index (χ4v) is 3.08. The Bertz CT molecular complexity index is 730. The van der Waals surface area contributed by atoms with E-state index < -0.39 is 0 Å². The predicted octanol–water partition coefficient (Wildman–Crippen LogP) is 3.13. The summed E-state index contributed by atoms with van der Waals surface area (Å²) < 4.78 is 18.2. The number of amides is 1. The monoisotopic (exact) mass is 396 g/mol. The minimum absolute atomic E-state index is 0. The molecule has 0 unspecified atom stereocenters. The van der Waals surface area contributed by atoms with E-state index in [4.69, 9.17) is 4.52 Å². The number of hydrogen-bond acceptors (Lipinski definition) is 5. The Kier molecular flexibility index (Phi) is 7.74. The van der Waals surface area contributed by atoms with E-state index in [-0.39, 0.29) is 29.5 Å². The summed E-state index contributed by atoms with van der Waals surface area (Å²) in [6, 6.07) is 5.94. The van der Waals surface area contributed by atoms with Gasteiger partial charge in [-0.25, -0.2) is 4.39 Å². The second kappa shape index (κ2) is 9.80. The van der Waals surface area contributed by atoms with Gasteiger partial charge >= 0.3 is 0 Å². The van der Waals surface area contributed by atoms with Crippen molar-refractivity contribution >= 4 is 18.3 Å². The molecule has 2 heterocycles. The third-order valence-corrected chi connectivity index (χ3v) is 4.89. The van der Waals surface area contributed by atoms with Gasteiger partial charge in [0.2, 0.25) is 17.6 Å². The van der Waals surface area contributed by atoms with Gasteiger partial charge in [0.05, 0.1) is 0 Å². The lowest BCUT2D eigenvalue weighted by Crippen LogP contribution is -2.42. The summed E-state index contributed by atoms with van der Waals surface area (Å²) in [6.07, 6.45) is 3.80. The number of nitrogens with one attached hydrogen (secondary N) is 2. The minimum atomic E-state index is -0.304. The van der Waals surface area contributed by atoms with Gasteiger partial charge in [-0.1, -0.05) is 12.1 Å². The van der Waals surface area contributed by atoms with Crippen LogP contribution in [0.2, 0.25) is 0 Å². The molecule has 3 rings (SSSR count). The molecule has 0 bridgehead atoms. The van der Waals surface area contributed by atoms with Crippen LogP contribution in [0.1, 0.15) is 38.5 Å². The Hall–Kier alpha value is -1.99. The summed E-state index contributed by atoms with van der Waals surface area (Å²) in [5.74, 6) is 0.676. The van der Waals surface area contributed by atoms with Gasteiger partial charge in [0.25, 0.3) is 0 Å². The van der Waals surface area contributed by atoms with Gasteiger partial charge in [0.15, 0.2) is 0 Å². The Labute approximate surface area is 164 Å². The summed E-state index contributed by atoms with van der Waals surface area (Å²) in [5, 5.41) is 10.3. The molecule has 1 aromatic carbocycles. The van der Waals surface area contributed by atoms with Gasteiger partial charge in [-0.2, -0.15) is 4.98 Å². The van der Waals surface area contributed by atoms with E-state index in [9.17, 15) is 9.18 Å². The summed E-state index contributed by atoms with van der Waals surface area (Å²) in [7, 11) is 0. The Morgan fingerprint density at radius 2 is 2.00 bits per heavy atom. The summed E-state index contributed by atoms with van der Waals surface area (Å²) in [5.41, 5.74) is 0.895. The van der Waals surface area contributed by atoms with Crippen LogP contribution in [0.3, 0.4) is 0 Å². The van der Waals surface area contributed by atoms with Crippen LogP contribution < -0.4 is 10.6 Å². The number of halogens is 2. The van der Waals surface area contributed by atoms with Crippen LogP contribution in [0.4, 0.5) is 4.39 Å². The van der Waals surface area contributed by atoms with Crippen molar-refractivity contribution in [2.75, 3.05) is 19.6 Å². The van der Waals surface area contributed by atoms with E-state index in [0.29, 0.717) is 36.5 Å². The minimum Gasteiger partial charge on any atom is -0.356 e. The zero-order valence-corrected chi connectivity index (χ0v) is 16.3. The van der Waals surface area contributed by atoms with Crippen LogP contribution in [-0.4, -0.2) is 35.7 Å². The third-order valence-electron chi connectivity index (χ3n) is 4.89. The lowest BCUT2D eigenvalue weighted by atomic mass is 9.81. The van der Waals surface area contributed by atoms with E-state index in [1.165, 1.54) is 12.1 Å². The van der Waals surface area contributed by atoms with Gasteiger partial charge in [0, 0.05) is 24.9 Å². The number of aromatic nitrogens is 2. The van der Waals surface area contributed by atoms with Crippen molar-refractivity contribution in [3.8, 4) is 11.4 Å². The van der Waals surface area contributed by atoms with E-state index >= 15 is 0 Å². The fourth-order valence-electron chi connectivity index (χ4n) is 3.08. The molecule has 27 heavy (non-hydrogen) atoms. The highest BCUT2D eigenvalue weighted by Gasteiger charge is 2.26. The summed E-state index contributed by atoms with van der Waals surface area (Å²) in [4.78, 5) is 16.3. The number of nitrogens with zero attached hydrogens (tertiary/aromatic N) is 2. The Morgan fingerprint density at radius 3 is 2.70 bits per heavy atom. The first-order valence-corrected chi connectivity index (χ1v) is 9.10. The highest BCUT2D eigenvalue weighted by Crippen LogP contribution is 2.26. The second-order valence-corrected chi connectivity index (χ2v) is 7.21. The first-order valence-electron chi connectivity index (χ1n) is 9.10. The topological polar surface area (TPSA) is 80.1 Å². The van der Waals surface area contributed by atoms with Crippen molar-refractivity contribution in [1.82, 2.24) is 20.8 Å². The number of benzene rings is 1. The lowest BCUT2D eigenvalue weighted by molar-refractivity contribution is -0.121. The van der Waals surface area contributed by atoms with E-state index in [1.807, 2.05) is 0 Å². The van der Waals surface area contributed by atoms with E-state index in [1.54, 1.807) is 12.1 Å². The third kappa shape index (κ3) is 6.29. The molecule has 1 fully saturated rings. The highest BCUT2D eigenvalue weighted by molar-refractivity contribution is 5.85. The molecule has 1 saturated heterocycles. The molecule has 0 saturated carbocycles. The molecule has 6 nitrogen and oxygen atoms in total. The molecule has 1 aliphatic rings. The van der Waals surface area contributed by atoms with Crippen molar-refractivity contribution < 1.29 is 13.7 Å². The second-order valence-electron chi connectivity index (χ2n) is 7.21. The molecular weight excluding hydrogens is 371 g/mol. The lowest BCUT2D eigenvalue weighted by Gasteiger charge is -2.34. The molecule has 0 atom stereocenters. The molecule has 8 heteroatoms. The molecule has 0 spiro atoms. The predicted molar refractivity (Wildman–Crippen MR) is 103 cm³/mol. The summed E-state index contributed by atoms with van der Waals surface area (Å²) >= 11 is 0. The van der Waals surface area contributed by atoms with Gasteiger partial charge in [0.1, 0.15) is 5.82 Å². The quantitative estimate of drug-likeness (QED) is 0.751. The number of rotatable bonds is 7. The highest BCUT2D eigenvalue weighted by atomic mass is 35.5. The number of carbonyl (C=O) groups excluding carboxylic acids is 1. The van der Waals surface area contributed by atoms with Crippen LogP contribution in [0.15, 0.2) is 28.8 Å². The maximum absolute atomic E-state index is 13.0. The molecule has 148 valence electrons. The van der Waals surface area contributed by atoms with Crippen molar-refractivity contribution in [2.24, 2.45) is 5.41 Å². The molecule has 2 N–H and O–H groups in total. The number of hydrogen-bond donors (Lipinski definition) is 2. The average Bonchev–Trinajstić information content (AvgIpc) is 3.10. The standard InChI is InChI=1S/C19H25FN4O2.ClH/c1-19(9-11-21-12-10-19)13-22-16(25)3-2-4-17-23-18(24-26-17)14-5-7-15(20)8-6-14;/h5-8,21H,2-4,9-13H2,1H3,(H,22,25);1H. The van der Waals surface area contributed by atoms with E-state index in [2.05, 4.69) is 27.7 Å². The Balaban J connectivity index is 0.00000261. The molecule has 1 amide bonds. The first kappa shape index (κ1) is 21.3. The van der Waals surface area contributed by atoms with Gasteiger partial charge in [-0.3, -0.25) is 4.79 Å². The van der Waals surface area contributed by atoms with Crippen LogP contribution in [0.25, 0.3) is 11.4 Å². The number of aryl methyl sites for hydroxylation is 1. The first-order chi connectivity index (χ1) is 12.5. The van der Waals surface area contributed by atoms with Crippen molar-refractivity contribution in [2.45, 2.75) is 39.0 Å². The van der Waals surface area contributed by atoms with Crippen LogP contribution in [0.5, 0.6) is 0 Å². The van der Waals surface area contributed by atoms with Gasteiger partial charge in [-0.05, 0) is 62.0 Å². The van der Waals surface area contributed by atoms with Crippen LogP contribution >= 0.6 is 12.4 Å². The van der Waals surface area contributed by atoms with Gasteiger partial charge < -0.3 is 15.2 Å². The Morgan fingerprint density at radius 1 is 1.30 bits per heavy atom. The maximum atomic E-state index is 13.0. The number of carbonyl (C=O) groups is 1. The smallest absolute Gasteiger partial charge is 0.226 e. The largest absolute Gasteiger partial charge is 0.356 e. The van der Waals surface area contributed by atoms with Crippen LogP contribution in [0, 0.1) is 11.2 Å². The molecule has 0 aliphatic carbocycles. The molecule has 1 aliphatic heterocycles. The van der Waals surface area contributed by atoms with Gasteiger partial charge in [-0.15, -0.1) is 12.4 Å². The maximum Gasteiger partial charge on any atom is 0.226 e. The molecule has 2 aromatic rings. The molecular formula is C19H26ClFN4O2. The zero-order valence-electron chi connectivity index (χ0n) is 15.5. The zero-order chi connectivity index (χ0) is 18.4. The average molecular weight is 397 g/mol. The number of piperidine rings is 1. The fraction of sp³-hybridized carbons (Fsp3) is 0.526. The van der Waals surface area contributed by atoms with Crippen molar-refractivity contribution in [3.63, 3.8) is 0 Å². The van der Waals surface area contributed by atoms with Crippen molar-refractivity contribution in [1.29, 1.82) is 0 Å². The van der Waals surface area contributed by atoms with E-state index in [0.717, 1.165) is 32.5 Å².